The fourth-order valence-corrected chi connectivity index (χ4v) is 3.14. The van der Waals surface area contributed by atoms with Crippen molar-refractivity contribution in [3.8, 4) is 17.4 Å². The lowest BCUT2D eigenvalue weighted by Crippen LogP contribution is -2.19. The number of hydrogen-bond acceptors (Lipinski definition) is 5. The molecule has 31 heavy (non-hydrogen) atoms. The molecule has 0 aliphatic heterocycles. The van der Waals surface area contributed by atoms with Crippen LogP contribution in [0.4, 0.5) is 16.2 Å². The van der Waals surface area contributed by atoms with Crippen LogP contribution in [0.15, 0.2) is 67.0 Å². The summed E-state index contributed by atoms with van der Waals surface area (Å²) in [6, 6.07) is 17.2. The molecule has 9 heteroatoms. The zero-order valence-electron chi connectivity index (χ0n) is 16.8. The Bertz CT molecular complexity index is 1220. The predicted octanol–water partition coefficient (Wildman–Crippen LogP) is 5.37. The average molecular weight is 435 g/mol. The Kier molecular flexibility index (Phi) is 5.81. The summed E-state index contributed by atoms with van der Waals surface area (Å²) in [7, 11) is 0. The summed E-state index contributed by atoms with van der Waals surface area (Å²) in [5, 5.41) is 10.4. The number of rotatable bonds is 5. The zero-order chi connectivity index (χ0) is 21.8. The highest BCUT2D eigenvalue weighted by molar-refractivity contribution is 6.30. The highest BCUT2D eigenvalue weighted by Crippen LogP contribution is 2.23. The summed E-state index contributed by atoms with van der Waals surface area (Å²) in [6.07, 6.45) is 1.43. The fourth-order valence-electron chi connectivity index (χ4n) is 2.95. The van der Waals surface area contributed by atoms with E-state index in [-0.39, 0.29) is 6.03 Å². The first-order valence-corrected chi connectivity index (χ1v) is 9.81. The van der Waals surface area contributed by atoms with Gasteiger partial charge in [0, 0.05) is 28.2 Å². The monoisotopic (exact) mass is 434 g/mol. The topological polar surface area (TPSA) is 94.0 Å². The highest BCUT2D eigenvalue weighted by atomic mass is 35.5. The molecule has 0 aliphatic rings. The zero-order valence-corrected chi connectivity index (χ0v) is 17.6. The van der Waals surface area contributed by atoms with Gasteiger partial charge < -0.3 is 15.4 Å². The molecule has 4 rings (SSSR count). The fraction of sp³-hybridized carbons (Fsp3) is 0.0909. The van der Waals surface area contributed by atoms with Crippen LogP contribution >= 0.6 is 11.6 Å². The number of carbonyl (C=O) groups is 1. The quantitative estimate of drug-likeness (QED) is 0.440. The Balaban J connectivity index is 1.40. The van der Waals surface area contributed by atoms with Gasteiger partial charge in [-0.15, -0.1) is 0 Å². The van der Waals surface area contributed by atoms with Gasteiger partial charge in [-0.1, -0.05) is 17.7 Å². The Hall–Kier alpha value is -3.91. The van der Waals surface area contributed by atoms with Gasteiger partial charge >= 0.3 is 6.03 Å². The van der Waals surface area contributed by atoms with Crippen molar-refractivity contribution in [1.82, 2.24) is 19.7 Å². The molecule has 2 aromatic carbocycles. The third kappa shape index (κ3) is 5.18. The lowest BCUT2D eigenvalue weighted by Gasteiger charge is -2.10. The summed E-state index contributed by atoms with van der Waals surface area (Å²) in [5.74, 6) is 1.57. The van der Waals surface area contributed by atoms with Crippen molar-refractivity contribution in [2.45, 2.75) is 13.8 Å². The summed E-state index contributed by atoms with van der Waals surface area (Å²) in [6.45, 7) is 3.88. The number of ether oxygens (including phenoxy) is 1. The molecule has 0 spiro atoms. The molecule has 156 valence electrons. The van der Waals surface area contributed by atoms with E-state index in [0.717, 1.165) is 11.4 Å². The van der Waals surface area contributed by atoms with E-state index in [0.29, 0.717) is 33.8 Å². The van der Waals surface area contributed by atoms with E-state index in [1.54, 1.807) is 59.3 Å². The van der Waals surface area contributed by atoms with Crippen molar-refractivity contribution in [2.75, 3.05) is 10.6 Å². The van der Waals surface area contributed by atoms with Crippen LogP contribution in [0, 0.1) is 13.8 Å². The Morgan fingerprint density at radius 1 is 0.968 bits per heavy atom. The molecule has 8 nitrogen and oxygen atoms in total. The molecule has 2 N–H and O–H groups in total. The molecule has 0 radical (unpaired) electrons. The van der Waals surface area contributed by atoms with Gasteiger partial charge in [0.05, 0.1) is 5.69 Å². The smallest absolute Gasteiger partial charge is 0.323 e. The van der Waals surface area contributed by atoms with Crippen molar-refractivity contribution >= 4 is 29.0 Å². The number of amides is 2. The number of anilines is 2. The van der Waals surface area contributed by atoms with E-state index in [4.69, 9.17) is 16.3 Å². The molecule has 0 atom stereocenters. The van der Waals surface area contributed by atoms with Gasteiger partial charge in [-0.05, 0) is 62.4 Å². The van der Waals surface area contributed by atoms with E-state index < -0.39 is 0 Å². The summed E-state index contributed by atoms with van der Waals surface area (Å²) in [5.41, 5.74) is 3.08. The molecule has 4 aromatic rings. The van der Waals surface area contributed by atoms with Crippen LogP contribution in [0.1, 0.15) is 11.4 Å². The van der Waals surface area contributed by atoms with Crippen LogP contribution in [-0.2, 0) is 0 Å². The van der Waals surface area contributed by atoms with Crippen LogP contribution in [-0.4, -0.2) is 25.8 Å². The molecular weight excluding hydrogens is 416 g/mol. The molecule has 0 saturated carbocycles. The Labute approximate surface area is 183 Å². The number of hydrogen-bond donors (Lipinski definition) is 2. The van der Waals surface area contributed by atoms with E-state index in [1.165, 1.54) is 6.33 Å². The number of halogens is 1. The number of urea groups is 1. The van der Waals surface area contributed by atoms with Crippen molar-refractivity contribution < 1.29 is 9.53 Å². The molecule has 2 amide bonds. The van der Waals surface area contributed by atoms with Crippen LogP contribution in [0.3, 0.4) is 0 Å². The normalized spacial score (nSPS) is 10.5. The Morgan fingerprint density at radius 2 is 1.74 bits per heavy atom. The molecular formula is C22H19ClN6O2. The van der Waals surface area contributed by atoms with Gasteiger partial charge in [0.1, 0.15) is 12.1 Å². The largest absolute Gasteiger partial charge is 0.439 e. The lowest BCUT2D eigenvalue weighted by atomic mass is 10.3. The molecule has 2 aromatic heterocycles. The second-order valence-corrected chi connectivity index (χ2v) is 7.21. The molecule has 0 bridgehead atoms. The van der Waals surface area contributed by atoms with E-state index in [1.807, 2.05) is 19.9 Å². The minimum atomic E-state index is -0.374. The van der Waals surface area contributed by atoms with Crippen molar-refractivity contribution in [3.05, 3.63) is 83.4 Å². The second kappa shape index (κ2) is 8.85. The summed E-state index contributed by atoms with van der Waals surface area (Å²) >= 11 is 5.93. The number of aryl methyl sites for hydroxylation is 2. The maximum Gasteiger partial charge on any atom is 0.323 e. The first kappa shape index (κ1) is 20.4. The minimum absolute atomic E-state index is 0.374. The summed E-state index contributed by atoms with van der Waals surface area (Å²) in [4.78, 5) is 20.6. The van der Waals surface area contributed by atoms with Gasteiger partial charge in [0.2, 0.25) is 5.88 Å². The molecule has 0 unspecified atom stereocenters. The number of aromatic nitrogens is 4. The third-order valence-corrected chi connectivity index (χ3v) is 4.51. The summed E-state index contributed by atoms with van der Waals surface area (Å²) < 4.78 is 7.55. The predicted molar refractivity (Wildman–Crippen MR) is 119 cm³/mol. The van der Waals surface area contributed by atoms with Crippen LogP contribution in [0.5, 0.6) is 11.6 Å². The number of nitrogens with zero attached hydrogens (tertiary/aromatic N) is 4. The second-order valence-electron chi connectivity index (χ2n) is 6.77. The van der Waals surface area contributed by atoms with Crippen LogP contribution in [0.25, 0.3) is 5.82 Å². The van der Waals surface area contributed by atoms with Gasteiger partial charge in [0.15, 0.2) is 5.82 Å². The molecule has 0 saturated heterocycles. The SMILES string of the molecule is Cc1cc(C)n(-c2cc(Oc3ccc(NC(=O)Nc4cccc(Cl)c4)cc3)ncn2)n1. The minimum Gasteiger partial charge on any atom is -0.439 e. The number of benzene rings is 2. The molecule has 0 fully saturated rings. The molecule has 0 aliphatic carbocycles. The standard InChI is InChI=1S/C22H19ClN6O2/c1-14-10-15(2)29(28-14)20-12-21(25-13-24-20)31-19-8-6-17(7-9-19)26-22(30)27-18-5-3-4-16(23)11-18/h3-13H,1-2H3,(H2,26,27,30). The van der Waals surface area contributed by atoms with Crippen LogP contribution in [0.2, 0.25) is 5.02 Å². The number of carbonyl (C=O) groups excluding carboxylic acids is 1. The maximum atomic E-state index is 12.1. The van der Waals surface area contributed by atoms with Gasteiger partial charge in [-0.25, -0.2) is 19.4 Å². The molecule has 2 heterocycles. The first-order valence-electron chi connectivity index (χ1n) is 9.43. The van der Waals surface area contributed by atoms with Crippen molar-refractivity contribution in [2.24, 2.45) is 0 Å². The van der Waals surface area contributed by atoms with Gasteiger partial charge in [-0.2, -0.15) is 5.10 Å². The highest BCUT2D eigenvalue weighted by Gasteiger charge is 2.08. The Morgan fingerprint density at radius 3 is 2.45 bits per heavy atom. The average Bonchev–Trinajstić information content (AvgIpc) is 3.08. The number of nitrogens with one attached hydrogen (secondary N) is 2. The first-order chi connectivity index (χ1) is 15.0. The van der Waals surface area contributed by atoms with Crippen molar-refractivity contribution in [1.29, 1.82) is 0 Å². The van der Waals surface area contributed by atoms with Gasteiger partial charge in [0.25, 0.3) is 0 Å². The van der Waals surface area contributed by atoms with Gasteiger partial charge in [-0.3, -0.25) is 0 Å². The lowest BCUT2D eigenvalue weighted by molar-refractivity contribution is 0.262. The third-order valence-electron chi connectivity index (χ3n) is 4.27. The maximum absolute atomic E-state index is 12.1. The van der Waals surface area contributed by atoms with Crippen molar-refractivity contribution in [3.63, 3.8) is 0 Å². The van der Waals surface area contributed by atoms with E-state index in [2.05, 4.69) is 25.7 Å². The van der Waals surface area contributed by atoms with E-state index >= 15 is 0 Å². The van der Waals surface area contributed by atoms with Crippen LogP contribution < -0.4 is 15.4 Å². The van der Waals surface area contributed by atoms with E-state index in [9.17, 15) is 4.79 Å².